The second-order valence-electron chi connectivity index (χ2n) is 6.49. The summed E-state index contributed by atoms with van der Waals surface area (Å²) in [5.41, 5.74) is 3.65. The normalized spacial score (nSPS) is 20.2. The van der Waals surface area contributed by atoms with Crippen molar-refractivity contribution in [3.8, 4) is 11.5 Å². The molecule has 0 amide bonds. The number of piperidine rings is 1. The van der Waals surface area contributed by atoms with Crippen LogP contribution in [0, 0.1) is 0 Å². The summed E-state index contributed by atoms with van der Waals surface area (Å²) in [6.07, 6.45) is 9.33. The van der Waals surface area contributed by atoms with Gasteiger partial charge in [-0.05, 0) is 56.7 Å². The molecule has 0 radical (unpaired) electrons. The smallest absolute Gasteiger partial charge is 0.162 e. The molecule has 122 valence electrons. The molecule has 1 aromatic rings. The van der Waals surface area contributed by atoms with Crippen molar-refractivity contribution in [3.05, 3.63) is 23.8 Å². The van der Waals surface area contributed by atoms with Crippen LogP contribution < -0.4 is 14.9 Å². The van der Waals surface area contributed by atoms with Gasteiger partial charge in [0.15, 0.2) is 11.5 Å². The number of benzene rings is 1. The van der Waals surface area contributed by atoms with Crippen LogP contribution in [-0.2, 0) is 6.54 Å². The second kappa shape index (κ2) is 7.84. The van der Waals surface area contributed by atoms with E-state index in [1.165, 1.54) is 63.6 Å². The van der Waals surface area contributed by atoms with Crippen molar-refractivity contribution in [1.82, 2.24) is 5.01 Å². The average molecular weight is 305 g/mol. The third-order valence-corrected chi connectivity index (χ3v) is 4.80. The monoisotopic (exact) mass is 305 g/mol. The van der Waals surface area contributed by atoms with Crippen molar-refractivity contribution in [1.29, 1.82) is 0 Å². The summed E-state index contributed by atoms with van der Waals surface area (Å²) in [5.74, 6) is 1.77. The van der Waals surface area contributed by atoms with E-state index in [9.17, 15) is 0 Å². The second-order valence-corrected chi connectivity index (χ2v) is 6.49. The van der Waals surface area contributed by atoms with Gasteiger partial charge in [0.25, 0.3) is 0 Å². The van der Waals surface area contributed by atoms with Crippen molar-refractivity contribution in [2.45, 2.75) is 57.6 Å². The van der Waals surface area contributed by atoms with E-state index in [4.69, 9.17) is 9.47 Å². The van der Waals surface area contributed by atoms with E-state index in [2.05, 4.69) is 22.6 Å². The maximum Gasteiger partial charge on any atom is 0.162 e. The zero-order valence-corrected chi connectivity index (χ0v) is 13.7. The van der Waals surface area contributed by atoms with Crippen LogP contribution in [0.3, 0.4) is 0 Å². The van der Waals surface area contributed by atoms with Gasteiger partial charge < -0.3 is 9.47 Å². The lowest BCUT2D eigenvalue weighted by Gasteiger charge is -2.23. The molecular formula is C18H29N2O2+. The zero-order chi connectivity index (χ0) is 15.2. The molecule has 4 heteroatoms. The minimum Gasteiger partial charge on any atom is -0.493 e. The molecular weight excluding hydrogens is 276 g/mol. The number of nitrogens with two attached hydrogens (primary N) is 1. The number of ether oxygens (including phenoxy) is 2. The summed E-state index contributed by atoms with van der Waals surface area (Å²) in [6.45, 7) is 3.40. The van der Waals surface area contributed by atoms with Gasteiger partial charge >= 0.3 is 0 Å². The average Bonchev–Trinajstić information content (AvgIpc) is 3.07. The molecule has 1 aromatic carbocycles. The number of methoxy groups -OCH3 is 1. The van der Waals surface area contributed by atoms with Crippen molar-refractivity contribution in [2.75, 3.05) is 20.2 Å². The number of nitrogens with zero attached hydrogens (tertiary/aromatic N) is 1. The largest absolute Gasteiger partial charge is 0.493 e. The van der Waals surface area contributed by atoms with Crippen LogP contribution in [0.25, 0.3) is 0 Å². The molecule has 1 saturated heterocycles. The van der Waals surface area contributed by atoms with E-state index < -0.39 is 0 Å². The predicted octanol–water partition coefficient (Wildman–Crippen LogP) is 2.48. The van der Waals surface area contributed by atoms with Gasteiger partial charge in [0.05, 0.1) is 13.2 Å². The summed E-state index contributed by atoms with van der Waals surface area (Å²) < 4.78 is 11.6. The highest BCUT2D eigenvalue weighted by molar-refractivity contribution is 5.42. The Hall–Kier alpha value is -1.26. The molecule has 0 bridgehead atoms. The number of rotatable bonds is 6. The predicted molar refractivity (Wildman–Crippen MR) is 86.9 cm³/mol. The number of quaternary nitrogens is 1. The molecule has 4 nitrogen and oxygen atoms in total. The Morgan fingerprint density at radius 1 is 1.05 bits per heavy atom. The topological polar surface area (TPSA) is 38.3 Å². The van der Waals surface area contributed by atoms with Crippen LogP contribution in [0.5, 0.6) is 11.5 Å². The Balaban J connectivity index is 1.60. The van der Waals surface area contributed by atoms with Gasteiger partial charge in [-0.2, -0.15) is 5.01 Å². The molecule has 1 heterocycles. The summed E-state index contributed by atoms with van der Waals surface area (Å²) in [5, 5.41) is 2.46. The highest BCUT2D eigenvalue weighted by Gasteiger charge is 2.19. The van der Waals surface area contributed by atoms with E-state index in [0.29, 0.717) is 6.10 Å². The first kappa shape index (κ1) is 15.6. The fraction of sp³-hybridized carbons (Fsp3) is 0.667. The third kappa shape index (κ3) is 4.14. The van der Waals surface area contributed by atoms with Gasteiger partial charge in [0.1, 0.15) is 6.54 Å². The lowest BCUT2D eigenvalue weighted by molar-refractivity contribution is -0.818. The van der Waals surface area contributed by atoms with Crippen molar-refractivity contribution < 1.29 is 14.9 Å². The fourth-order valence-corrected chi connectivity index (χ4v) is 3.46. The third-order valence-electron chi connectivity index (χ3n) is 4.80. The number of hydrogen-bond acceptors (Lipinski definition) is 3. The molecule has 1 aliphatic carbocycles. The standard InChI is InChI=1S/C18H28N2O2/c1-21-17-10-9-15(14-19-20-11-5-2-6-12-20)13-18(17)22-16-7-3-4-8-16/h9-10,13,16,19H,2-8,11-12,14H2,1H3/p+1. The maximum absolute atomic E-state index is 6.18. The first-order chi connectivity index (χ1) is 10.8. The Morgan fingerprint density at radius 2 is 1.82 bits per heavy atom. The minimum absolute atomic E-state index is 0.371. The first-order valence-electron chi connectivity index (χ1n) is 8.76. The molecule has 22 heavy (non-hydrogen) atoms. The Labute approximate surface area is 133 Å². The molecule has 0 spiro atoms. The zero-order valence-electron chi connectivity index (χ0n) is 13.7. The van der Waals surface area contributed by atoms with Gasteiger partial charge in [-0.15, -0.1) is 0 Å². The van der Waals surface area contributed by atoms with Gasteiger partial charge in [-0.3, -0.25) is 5.43 Å². The van der Waals surface area contributed by atoms with E-state index >= 15 is 0 Å². The molecule has 0 unspecified atom stereocenters. The molecule has 0 aromatic heterocycles. The van der Waals surface area contributed by atoms with E-state index in [-0.39, 0.29) is 0 Å². The molecule has 2 N–H and O–H groups in total. The van der Waals surface area contributed by atoms with Crippen LogP contribution in [-0.4, -0.2) is 31.3 Å². The fourth-order valence-electron chi connectivity index (χ4n) is 3.46. The lowest BCUT2D eigenvalue weighted by Crippen LogP contribution is -2.93. The van der Waals surface area contributed by atoms with E-state index in [0.717, 1.165) is 18.0 Å². The van der Waals surface area contributed by atoms with Crippen molar-refractivity contribution in [3.63, 3.8) is 0 Å². The van der Waals surface area contributed by atoms with Crippen LogP contribution in [0.1, 0.15) is 50.5 Å². The van der Waals surface area contributed by atoms with Crippen LogP contribution in [0.15, 0.2) is 18.2 Å². The van der Waals surface area contributed by atoms with Crippen LogP contribution >= 0.6 is 0 Å². The quantitative estimate of drug-likeness (QED) is 0.821. The van der Waals surface area contributed by atoms with Gasteiger partial charge in [-0.1, -0.05) is 6.42 Å². The Kier molecular flexibility index (Phi) is 5.57. The highest BCUT2D eigenvalue weighted by atomic mass is 16.5. The Morgan fingerprint density at radius 3 is 2.55 bits per heavy atom. The summed E-state index contributed by atoms with van der Waals surface area (Å²) in [6, 6.07) is 6.36. The first-order valence-corrected chi connectivity index (χ1v) is 8.76. The van der Waals surface area contributed by atoms with E-state index in [1.54, 1.807) is 7.11 Å². The molecule has 1 saturated carbocycles. The van der Waals surface area contributed by atoms with Gasteiger partial charge in [-0.25, -0.2) is 0 Å². The SMILES string of the molecule is COc1ccc(C[NH2+]N2CCCCC2)cc1OC1CCCC1. The maximum atomic E-state index is 6.18. The van der Waals surface area contributed by atoms with Crippen LogP contribution in [0.4, 0.5) is 0 Å². The van der Waals surface area contributed by atoms with Gasteiger partial charge in [0, 0.05) is 18.7 Å². The van der Waals surface area contributed by atoms with Crippen molar-refractivity contribution in [2.24, 2.45) is 0 Å². The molecule has 2 fully saturated rings. The lowest BCUT2D eigenvalue weighted by atomic mass is 10.1. The molecule has 2 aliphatic rings. The summed E-state index contributed by atoms with van der Waals surface area (Å²) >= 11 is 0. The number of hydrogen-bond donors (Lipinski definition) is 1. The Bertz CT molecular complexity index is 466. The van der Waals surface area contributed by atoms with Crippen molar-refractivity contribution >= 4 is 0 Å². The molecule has 3 rings (SSSR count). The van der Waals surface area contributed by atoms with Crippen LogP contribution in [0.2, 0.25) is 0 Å². The molecule has 1 aliphatic heterocycles. The summed E-state index contributed by atoms with van der Waals surface area (Å²) in [4.78, 5) is 0. The highest BCUT2D eigenvalue weighted by Crippen LogP contribution is 2.32. The minimum atomic E-state index is 0.371. The van der Waals surface area contributed by atoms with Gasteiger partial charge in [0.2, 0.25) is 0 Å². The van der Waals surface area contributed by atoms with E-state index in [1.807, 2.05) is 6.07 Å². The summed E-state index contributed by atoms with van der Waals surface area (Å²) in [7, 11) is 1.72. The molecule has 0 atom stereocenters.